The van der Waals surface area contributed by atoms with Crippen LogP contribution in [0.25, 0.3) is 0 Å². The summed E-state index contributed by atoms with van der Waals surface area (Å²) in [5.41, 5.74) is 0.963. The third kappa shape index (κ3) is 5.47. The molecule has 0 aromatic heterocycles. The van der Waals surface area contributed by atoms with E-state index in [0.29, 0.717) is 0 Å². The van der Waals surface area contributed by atoms with Gasteiger partial charge in [0.1, 0.15) is 0 Å². The monoisotopic (exact) mass is 98.1 g/mol. The standard InChI is InChI=1S/C5H10N2/c1-5(2)6-7(3)4/h3H,1-2,4H3. The van der Waals surface area contributed by atoms with E-state index in [4.69, 9.17) is 7.05 Å². The number of hydrogen-bond donors (Lipinski definition) is 0. The van der Waals surface area contributed by atoms with Gasteiger partial charge in [0.2, 0.25) is 0 Å². The minimum absolute atomic E-state index is 0.963. The summed E-state index contributed by atoms with van der Waals surface area (Å²) in [5.74, 6) is 0. The van der Waals surface area contributed by atoms with Crippen molar-refractivity contribution < 1.29 is 0 Å². The Kier molecular flexibility index (Phi) is 2.41. The lowest BCUT2D eigenvalue weighted by molar-refractivity contribution is 0.483. The maximum absolute atomic E-state index is 5.14. The first kappa shape index (κ1) is 6.47. The van der Waals surface area contributed by atoms with Crippen LogP contribution in [0.1, 0.15) is 13.8 Å². The van der Waals surface area contributed by atoms with Crippen LogP contribution in [0.2, 0.25) is 0 Å². The number of nitrogens with zero attached hydrogens (tertiary/aromatic N) is 2. The van der Waals surface area contributed by atoms with E-state index in [0.717, 1.165) is 5.71 Å². The Bertz CT molecular complexity index is 70.1. The average Bonchev–Trinajstić information content (AvgIpc) is 1.27. The van der Waals surface area contributed by atoms with Crippen LogP contribution >= 0.6 is 0 Å². The van der Waals surface area contributed by atoms with E-state index in [2.05, 4.69) is 5.10 Å². The Morgan fingerprint density at radius 2 is 2.00 bits per heavy atom. The van der Waals surface area contributed by atoms with E-state index in [1.54, 1.807) is 7.05 Å². The SMILES string of the molecule is [CH]N(C)N=C(C)C. The zero-order valence-electron chi connectivity index (χ0n) is 4.97. The third-order valence-corrected chi connectivity index (χ3v) is 0.358. The molecule has 0 saturated carbocycles. The molecule has 2 heteroatoms. The molecular weight excluding hydrogens is 88.1 g/mol. The van der Waals surface area contributed by atoms with E-state index in [-0.39, 0.29) is 0 Å². The molecule has 0 aromatic carbocycles. The molecule has 0 rings (SSSR count). The van der Waals surface area contributed by atoms with Gasteiger partial charge >= 0.3 is 0 Å². The normalized spacial score (nSPS) is 8.00. The maximum atomic E-state index is 5.14. The van der Waals surface area contributed by atoms with E-state index >= 15 is 0 Å². The smallest absolute Gasteiger partial charge is 0.0949 e. The lowest BCUT2D eigenvalue weighted by Crippen LogP contribution is -2.00. The summed E-state index contributed by atoms with van der Waals surface area (Å²) in [7, 11) is 6.83. The van der Waals surface area contributed by atoms with Crippen LogP contribution in [0.4, 0.5) is 0 Å². The first-order valence-electron chi connectivity index (χ1n) is 2.13. The number of rotatable bonds is 1. The van der Waals surface area contributed by atoms with Crippen LogP contribution < -0.4 is 0 Å². The summed E-state index contributed by atoms with van der Waals surface area (Å²) < 4.78 is 0. The van der Waals surface area contributed by atoms with Crippen molar-refractivity contribution in [3.8, 4) is 0 Å². The van der Waals surface area contributed by atoms with Gasteiger partial charge in [-0.2, -0.15) is 5.10 Å². The molecule has 0 unspecified atom stereocenters. The first-order valence-corrected chi connectivity index (χ1v) is 2.13. The van der Waals surface area contributed by atoms with Crippen molar-refractivity contribution in [2.24, 2.45) is 5.10 Å². The van der Waals surface area contributed by atoms with Gasteiger partial charge in [0, 0.05) is 12.8 Å². The minimum atomic E-state index is 0.963. The van der Waals surface area contributed by atoms with Crippen molar-refractivity contribution in [1.82, 2.24) is 5.01 Å². The molecule has 40 valence electrons. The quantitative estimate of drug-likeness (QED) is 0.271. The van der Waals surface area contributed by atoms with Crippen LogP contribution in [0.5, 0.6) is 0 Å². The van der Waals surface area contributed by atoms with Crippen molar-refractivity contribution in [3.05, 3.63) is 7.05 Å². The Morgan fingerprint density at radius 1 is 1.57 bits per heavy atom. The molecule has 0 spiro atoms. The Morgan fingerprint density at radius 3 is 2.00 bits per heavy atom. The van der Waals surface area contributed by atoms with Gasteiger partial charge in [0.05, 0.1) is 7.05 Å². The second-order valence-corrected chi connectivity index (χ2v) is 1.62. The molecule has 2 nitrogen and oxygen atoms in total. The fourth-order valence-corrected chi connectivity index (χ4v) is 0.315. The van der Waals surface area contributed by atoms with Crippen molar-refractivity contribution in [2.45, 2.75) is 13.8 Å². The number of hydrazone groups is 1. The molecule has 0 aliphatic heterocycles. The van der Waals surface area contributed by atoms with Crippen LogP contribution in [0, 0.1) is 7.05 Å². The highest BCUT2D eigenvalue weighted by Gasteiger charge is 1.77. The average molecular weight is 98.1 g/mol. The van der Waals surface area contributed by atoms with E-state index in [1.165, 1.54) is 5.01 Å². The fourth-order valence-electron chi connectivity index (χ4n) is 0.315. The molecular formula is C5H10N2. The van der Waals surface area contributed by atoms with Crippen molar-refractivity contribution in [2.75, 3.05) is 7.05 Å². The topological polar surface area (TPSA) is 15.6 Å². The first-order chi connectivity index (χ1) is 3.13. The van der Waals surface area contributed by atoms with Crippen molar-refractivity contribution in [3.63, 3.8) is 0 Å². The van der Waals surface area contributed by atoms with E-state index in [9.17, 15) is 0 Å². The van der Waals surface area contributed by atoms with E-state index in [1.807, 2.05) is 13.8 Å². The summed E-state index contributed by atoms with van der Waals surface area (Å²) in [6, 6.07) is 0. The fraction of sp³-hybridized carbons (Fsp3) is 0.600. The third-order valence-electron chi connectivity index (χ3n) is 0.358. The van der Waals surface area contributed by atoms with Crippen molar-refractivity contribution >= 4 is 5.71 Å². The van der Waals surface area contributed by atoms with Gasteiger partial charge in [-0.1, -0.05) is 0 Å². The maximum Gasteiger partial charge on any atom is 0.0949 e. The minimum Gasteiger partial charge on any atom is -0.293 e. The molecule has 0 bridgehead atoms. The highest BCUT2D eigenvalue weighted by atomic mass is 15.4. The molecule has 2 radical (unpaired) electrons. The van der Waals surface area contributed by atoms with E-state index < -0.39 is 0 Å². The highest BCUT2D eigenvalue weighted by molar-refractivity contribution is 5.78. The van der Waals surface area contributed by atoms with Gasteiger partial charge in [-0.3, -0.25) is 5.01 Å². The molecule has 0 aliphatic rings. The molecule has 7 heavy (non-hydrogen) atoms. The predicted molar refractivity (Wildman–Crippen MR) is 30.8 cm³/mol. The number of hydrogen-bond acceptors (Lipinski definition) is 2. The van der Waals surface area contributed by atoms with Gasteiger partial charge in [0.15, 0.2) is 0 Å². The van der Waals surface area contributed by atoms with Crippen molar-refractivity contribution in [1.29, 1.82) is 0 Å². The lowest BCUT2D eigenvalue weighted by atomic mass is 10.5. The van der Waals surface area contributed by atoms with Crippen LogP contribution in [-0.4, -0.2) is 17.8 Å². The Labute approximate surface area is 44.8 Å². The van der Waals surface area contributed by atoms with Crippen LogP contribution in [0.15, 0.2) is 5.10 Å². The van der Waals surface area contributed by atoms with Gasteiger partial charge in [-0.05, 0) is 13.8 Å². The molecule has 0 atom stereocenters. The van der Waals surface area contributed by atoms with Crippen LogP contribution in [-0.2, 0) is 0 Å². The second kappa shape index (κ2) is 2.61. The lowest BCUT2D eigenvalue weighted by Gasteiger charge is -2.01. The molecule has 0 aromatic rings. The van der Waals surface area contributed by atoms with Gasteiger partial charge < -0.3 is 0 Å². The molecule has 0 aliphatic carbocycles. The summed E-state index contributed by atoms with van der Waals surface area (Å²) in [5, 5.41) is 5.09. The zero-order chi connectivity index (χ0) is 5.86. The van der Waals surface area contributed by atoms with Crippen LogP contribution in [0.3, 0.4) is 0 Å². The Balaban J connectivity index is 3.45. The summed E-state index contributed by atoms with van der Waals surface area (Å²) in [6.07, 6.45) is 0. The van der Waals surface area contributed by atoms with Gasteiger partial charge in [-0.25, -0.2) is 0 Å². The summed E-state index contributed by atoms with van der Waals surface area (Å²) in [4.78, 5) is 0. The predicted octanol–water partition coefficient (Wildman–Crippen LogP) is 0.983. The molecule has 0 amide bonds. The molecule has 0 N–H and O–H groups in total. The highest BCUT2D eigenvalue weighted by Crippen LogP contribution is 1.78. The largest absolute Gasteiger partial charge is 0.293 e. The van der Waals surface area contributed by atoms with Gasteiger partial charge in [-0.15, -0.1) is 0 Å². The second-order valence-electron chi connectivity index (χ2n) is 1.62. The molecule has 0 saturated heterocycles. The summed E-state index contributed by atoms with van der Waals surface area (Å²) in [6.45, 7) is 3.78. The zero-order valence-corrected chi connectivity index (χ0v) is 4.97. The molecule has 0 fully saturated rings. The Hall–Kier alpha value is -0.530. The summed E-state index contributed by atoms with van der Waals surface area (Å²) >= 11 is 0. The molecule has 0 heterocycles. The van der Waals surface area contributed by atoms with Gasteiger partial charge in [0.25, 0.3) is 0 Å².